The van der Waals surface area contributed by atoms with Crippen molar-refractivity contribution >= 4 is 5.91 Å². The fraction of sp³-hybridized carbons (Fsp3) is 0.500. The van der Waals surface area contributed by atoms with E-state index in [4.69, 9.17) is 0 Å². The van der Waals surface area contributed by atoms with E-state index in [-0.39, 0.29) is 11.9 Å². The molecule has 24 heavy (non-hydrogen) atoms. The van der Waals surface area contributed by atoms with Gasteiger partial charge >= 0.3 is 0 Å². The van der Waals surface area contributed by atoms with Crippen LogP contribution >= 0.6 is 0 Å². The average Bonchev–Trinajstić information content (AvgIpc) is 3.06. The van der Waals surface area contributed by atoms with Crippen molar-refractivity contribution in [3.63, 3.8) is 0 Å². The molecule has 1 fully saturated rings. The van der Waals surface area contributed by atoms with E-state index in [1.165, 1.54) is 0 Å². The van der Waals surface area contributed by atoms with Crippen LogP contribution in [0.15, 0.2) is 36.5 Å². The van der Waals surface area contributed by atoms with Gasteiger partial charge in [0.1, 0.15) is 11.3 Å². The number of likely N-dealkylation sites (tertiary alicyclic amines) is 1. The summed E-state index contributed by atoms with van der Waals surface area (Å²) in [6.07, 6.45) is 3.98. The van der Waals surface area contributed by atoms with Crippen molar-refractivity contribution in [2.24, 2.45) is 0 Å². The second-order valence-electron chi connectivity index (χ2n) is 6.92. The molecule has 3 rings (SSSR count). The highest BCUT2D eigenvalue weighted by Crippen LogP contribution is 2.24. The molecule has 2 heterocycles. The molecule has 1 N–H and O–H groups in total. The number of hydrogen-bond acceptors (Lipinski definition) is 4. The maximum Gasteiger partial charge on any atom is 0.226 e. The number of benzene rings is 1. The van der Waals surface area contributed by atoms with E-state index in [0.29, 0.717) is 12.1 Å². The normalized spacial score (nSPS) is 16.4. The molecule has 6 heteroatoms. The van der Waals surface area contributed by atoms with Crippen LogP contribution in [0.1, 0.15) is 44.0 Å². The van der Waals surface area contributed by atoms with Gasteiger partial charge in [-0.3, -0.25) is 4.79 Å². The molecular weight excluding hydrogens is 304 g/mol. The molecule has 0 saturated carbocycles. The lowest BCUT2D eigenvalue weighted by atomic mass is 10.0. The lowest BCUT2D eigenvalue weighted by Crippen LogP contribution is -2.40. The molecule has 1 saturated heterocycles. The van der Waals surface area contributed by atoms with Gasteiger partial charge < -0.3 is 10.0 Å². The summed E-state index contributed by atoms with van der Waals surface area (Å²) in [4.78, 5) is 14.3. The van der Waals surface area contributed by atoms with Crippen LogP contribution in [0.2, 0.25) is 0 Å². The molecule has 0 unspecified atom stereocenters. The zero-order valence-electron chi connectivity index (χ0n) is 14.2. The van der Waals surface area contributed by atoms with Crippen molar-refractivity contribution in [1.29, 1.82) is 0 Å². The summed E-state index contributed by atoms with van der Waals surface area (Å²) < 4.78 is 1.83. The molecule has 0 spiro atoms. The maximum atomic E-state index is 12.4. The van der Waals surface area contributed by atoms with Gasteiger partial charge in [0.2, 0.25) is 5.91 Å². The molecular formula is C18H24N4O2. The van der Waals surface area contributed by atoms with Crippen LogP contribution < -0.4 is 0 Å². The Morgan fingerprint density at radius 2 is 1.92 bits per heavy atom. The first-order valence-electron chi connectivity index (χ1n) is 8.40. The van der Waals surface area contributed by atoms with E-state index < -0.39 is 5.60 Å². The number of carbonyl (C=O) groups is 1. The summed E-state index contributed by atoms with van der Waals surface area (Å²) >= 11 is 0. The fourth-order valence-electron chi connectivity index (χ4n) is 3.00. The van der Waals surface area contributed by atoms with E-state index in [2.05, 4.69) is 10.3 Å². The first kappa shape index (κ1) is 16.6. The summed E-state index contributed by atoms with van der Waals surface area (Å²) in [5.74, 6) is 0.176. The third kappa shape index (κ3) is 3.82. The molecule has 1 aromatic carbocycles. The Bertz CT molecular complexity index is 683. The van der Waals surface area contributed by atoms with Gasteiger partial charge in [-0.1, -0.05) is 35.5 Å². The minimum absolute atomic E-state index is 0.176. The van der Waals surface area contributed by atoms with Crippen LogP contribution in [0.25, 0.3) is 0 Å². The minimum atomic E-state index is -0.982. The van der Waals surface area contributed by atoms with E-state index >= 15 is 0 Å². The lowest BCUT2D eigenvalue weighted by molar-refractivity contribution is -0.131. The van der Waals surface area contributed by atoms with Gasteiger partial charge in [0.25, 0.3) is 0 Å². The Kier molecular flexibility index (Phi) is 4.66. The van der Waals surface area contributed by atoms with Crippen LogP contribution in [-0.2, 0) is 16.8 Å². The number of nitrogens with zero attached hydrogens (tertiary/aromatic N) is 4. The lowest BCUT2D eigenvalue weighted by Gasteiger charge is -2.32. The number of rotatable bonds is 4. The monoisotopic (exact) mass is 328 g/mol. The van der Waals surface area contributed by atoms with E-state index in [0.717, 1.165) is 31.5 Å². The van der Waals surface area contributed by atoms with E-state index in [1.54, 1.807) is 13.8 Å². The van der Waals surface area contributed by atoms with Crippen molar-refractivity contribution in [3.8, 4) is 0 Å². The smallest absolute Gasteiger partial charge is 0.226 e. The molecule has 1 aliphatic rings. The number of aromatic nitrogens is 3. The first-order valence-corrected chi connectivity index (χ1v) is 8.40. The SMILES string of the molecule is CC(C)(O)c1cn(C2CCN(C(=O)Cc3ccccc3)CC2)nn1. The number of piperidine rings is 1. The van der Waals surface area contributed by atoms with Crippen molar-refractivity contribution in [3.05, 3.63) is 47.8 Å². The molecule has 0 radical (unpaired) electrons. The topological polar surface area (TPSA) is 71.2 Å². The van der Waals surface area contributed by atoms with Crippen molar-refractivity contribution in [1.82, 2.24) is 19.9 Å². The van der Waals surface area contributed by atoms with Crippen LogP contribution in [-0.4, -0.2) is 44.0 Å². The van der Waals surface area contributed by atoms with Gasteiger partial charge in [-0.05, 0) is 32.3 Å². The molecule has 1 aromatic heterocycles. The molecule has 1 aliphatic heterocycles. The Morgan fingerprint density at radius 1 is 1.25 bits per heavy atom. The van der Waals surface area contributed by atoms with Crippen LogP contribution in [0.5, 0.6) is 0 Å². The summed E-state index contributed by atoms with van der Waals surface area (Å²) in [5.41, 5.74) is 0.644. The largest absolute Gasteiger partial charge is 0.384 e. The molecule has 1 amide bonds. The second-order valence-corrected chi connectivity index (χ2v) is 6.92. The summed E-state index contributed by atoms with van der Waals surface area (Å²) in [5, 5.41) is 18.2. The van der Waals surface area contributed by atoms with Crippen molar-refractivity contribution in [2.75, 3.05) is 13.1 Å². The molecule has 2 aromatic rings. The zero-order chi connectivity index (χ0) is 17.2. The Morgan fingerprint density at radius 3 is 2.50 bits per heavy atom. The molecule has 0 bridgehead atoms. The van der Waals surface area contributed by atoms with Gasteiger partial charge in [-0.25, -0.2) is 4.68 Å². The Balaban J connectivity index is 1.56. The summed E-state index contributed by atoms with van der Waals surface area (Å²) in [6.45, 7) is 4.86. The third-order valence-electron chi connectivity index (χ3n) is 4.53. The van der Waals surface area contributed by atoms with E-state index in [9.17, 15) is 9.90 Å². The number of hydrogen-bond donors (Lipinski definition) is 1. The maximum absolute atomic E-state index is 12.4. The third-order valence-corrected chi connectivity index (χ3v) is 4.53. The number of amides is 1. The van der Waals surface area contributed by atoms with Gasteiger partial charge in [0.15, 0.2) is 0 Å². The quantitative estimate of drug-likeness (QED) is 0.931. The first-order chi connectivity index (χ1) is 11.4. The summed E-state index contributed by atoms with van der Waals surface area (Å²) in [6, 6.07) is 10.1. The van der Waals surface area contributed by atoms with Crippen molar-refractivity contribution in [2.45, 2.75) is 44.8 Å². The summed E-state index contributed by atoms with van der Waals surface area (Å²) in [7, 11) is 0. The van der Waals surface area contributed by atoms with Gasteiger partial charge in [0.05, 0.1) is 18.7 Å². The van der Waals surface area contributed by atoms with Crippen molar-refractivity contribution < 1.29 is 9.90 Å². The van der Waals surface area contributed by atoms with Crippen LogP contribution in [0.4, 0.5) is 0 Å². The predicted octanol–water partition coefficient (Wildman–Crippen LogP) is 1.91. The van der Waals surface area contributed by atoms with Crippen LogP contribution in [0.3, 0.4) is 0 Å². The predicted molar refractivity (Wildman–Crippen MR) is 90.3 cm³/mol. The molecule has 0 aliphatic carbocycles. The molecule has 0 atom stereocenters. The zero-order valence-corrected chi connectivity index (χ0v) is 14.2. The van der Waals surface area contributed by atoms with E-state index in [1.807, 2.05) is 46.1 Å². The average molecular weight is 328 g/mol. The number of carbonyl (C=O) groups excluding carboxylic acids is 1. The highest BCUT2D eigenvalue weighted by atomic mass is 16.3. The van der Waals surface area contributed by atoms with Crippen LogP contribution in [0, 0.1) is 0 Å². The van der Waals surface area contributed by atoms with Gasteiger partial charge in [0, 0.05) is 13.1 Å². The molecule has 6 nitrogen and oxygen atoms in total. The van der Waals surface area contributed by atoms with Gasteiger partial charge in [-0.15, -0.1) is 5.10 Å². The minimum Gasteiger partial charge on any atom is -0.384 e. The number of aliphatic hydroxyl groups is 1. The van der Waals surface area contributed by atoms with Gasteiger partial charge in [-0.2, -0.15) is 0 Å². The Labute approximate surface area is 142 Å². The highest BCUT2D eigenvalue weighted by molar-refractivity contribution is 5.78. The standard InChI is InChI=1S/C18H24N4O2/c1-18(2,24)16-13-22(20-19-16)15-8-10-21(11-9-15)17(23)12-14-6-4-3-5-7-14/h3-7,13,15,24H,8-12H2,1-2H3. The Hall–Kier alpha value is -2.21. The highest BCUT2D eigenvalue weighted by Gasteiger charge is 2.26. The molecule has 128 valence electrons. The fourth-order valence-corrected chi connectivity index (χ4v) is 3.00. The second kappa shape index (κ2) is 6.73.